The van der Waals surface area contributed by atoms with Gasteiger partial charge in [0.25, 0.3) is 0 Å². The molecular weight excluding hydrogens is 216 g/mol. The summed E-state index contributed by atoms with van der Waals surface area (Å²) in [6, 6.07) is 0. The van der Waals surface area contributed by atoms with E-state index in [1.54, 1.807) is 32.1 Å². The minimum atomic E-state index is 0.749. The zero-order valence-corrected chi connectivity index (χ0v) is 11.9. The molecule has 4 aliphatic rings. The summed E-state index contributed by atoms with van der Waals surface area (Å²) >= 11 is 0. The zero-order chi connectivity index (χ0) is 12.2. The predicted molar refractivity (Wildman–Crippen MR) is 76.3 cm³/mol. The average Bonchev–Trinajstić information content (AvgIpc) is 2.80. The molecule has 6 atom stereocenters. The number of hydrogen-bond donors (Lipinski definition) is 0. The fraction of sp³-hybridized carbons (Fsp3) is 0.889. The van der Waals surface area contributed by atoms with Crippen LogP contribution in [0, 0.1) is 35.0 Å². The molecule has 0 nitrogen and oxygen atoms in total. The first-order valence-corrected chi connectivity index (χ1v) is 8.43. The van der Waals surface area contributed by atoms with Crippen LogP contribution in [0.15, 0.2) is 12.2 Å². The minimum Gasteiger partial charge on any atom is -0.0882 e. The molecule has 0 aliphatic heterocycles. The normalized spacial score (nSPS) is 54.6. The second-order valence-corrected chi connectivity index (χ2v) is 7.96. The zero-order valence-electron chi connectivity index (χ0n) is 11.9. The van der Waals surface area contributed by atoms with Crippen LogP contribution in [0.25, 0.3) is 0 Å². The summed E-state index contributed by atoms with van der Waals surface area (Å²) in [4.78, 5) is 0. The first kappa shape index (κ1) is 11.6. The lowest BCUT2D eigenvalue weighted by molar-refractivity contribution is -0.0374. The largest absolute Gasteiger partial charge is 0.0882 e. The lowest BCUT2D eigenvalue weighted by atomic mass is 9.51. The SMILES string of the molecule is C[C@@]12CCC[C@H]1[C@@H]1CCC3CC=CC[C@@H]3[C@H]1CC2. The van der Waals surface area contributed by atoms with E-state index in [0.717, 1.165) is 35.0 Å². The molecular formula is C18H28. The maximum absolute atomic E-state index is 2.62. The Hall–Kier alpha value is -0.260. The molecule has 4 aliphatic carbocycles. The van der Waals surface area contributed by atoms with Crippen molar-refractivity contribution in [2.24, 2.45) is 35.0 Å². The molecule has 0 radical (unpaired) electrons. The topological polar surface area (TPSA) is 0 Å². The van der Waals surface area contributed by atoms with Gasteiger partial charge in [0.05, 0.1) is 0 Å². The lowest BCUT2D eigenvalue weighted by Crippen LogP contribution is -2.46. The van der Waals surface area contributed by atoms with Gasteiger partial charge in [0.1, 0.15) is 0 Å². The molecule has 100 valence electrons. The maximum Gasteiger partial charge on any atom is -0.0295 e. The quantitative estimate of drug-likeness (QED) is 0.514. The van der Waals surface area contributed by atoms with Crippen molar-refractivity contribution in [1.82, 2.24) is 0 Å². The van der Waals surface area contributed by atoms with Crippen molar-refractivity contribution in [2.75, 3.05) is 0 Å². The second-order valence-electron chi connectivity index (χ2n) is 7.96. The van der Waals surface area contributed by atoms with E-state index in [0.29, 0.717) is 0 Å². The maximum atomic E-state index is 2.62. The standard InChI is InChI=1S/C18H28/c1-18-11-4-7-17(18)16-9-8-13-5-2-3-6-14(13)15(16)10-12-18/h2-3,13-17H,4-12H2,1H3/t13?,14-,15+,16+,17-,18-/m0/s1. The van der Waals surface area contributed by atoms with Crippen molar-refractivity contribution in [3.63, 3.8) is 0 Å². The van der Waals surface area contributed by atoms with Gasteiger partial charge >= 0.3 is 0 Å². The molecule has 3 fully saturated rings. The minimum absolute atomic E-state index is 0.749. The fourth-order valence-electron chi connectivity index (χ4n) is 6.41. The van der Waals surface area contributed by atoms with E-state index >= 15 is 0 Å². The van der Waals surface area contributed by atoms with Crippen molar-refractivity contribution in [3.8, 4) is 0 Å². The van der Waals surface area contributed by atoms with Crippen molar-refractivity contribution < 1.29 is 0 Å². The summed E-state index contributed by atoms with van der Waals surface area (Å²) in [5.74, 6) is 5.44. The smallest absolute Gasteiger partial charge is 0.0295 e. The van der Waals surface area contributed by atoms with Crippen molar-refractivity contribution in [2.45, 2.75) is 64.7 Å². The van der Waals surface area contributed by atoms with Crippen LogP contribution in [0.5, 0.6) is 0 Å². The van der Waals surface area contributed by atoms with Crippen molar-refractivity contribution in [1.29, 1.82) is 0 Å². The van der Waals surface area contributed by atoms with Gasteiger partial charge in [-0.3, -0.25) is 0 Å². The molecule has 0 bridgehead atoms. The van der Waals surface area contributed by atoms with Gasteiger partial charge in [-0.2, -0.15) is 0 Å². The first-order valence-electron chi connectivity index (χ1n) is 8.43. The Balaban J connectivity index is 1.61. The number of fused-ring (bicyclic) bond motifs is 5. The molecule has 1 unspecified atom stereocenters. The highest BCUT2D eigenvalue weighted by molar-refractivity contribution is 5.06. The molecule has 0 heterocycles. The van der Waals surface area contributed by atoms with Crippen LogP contribution in [0.4, 0.5) is 0 Å². The Labute approximate surface area is 112 Å². The van der Waals surface area contributed by atoms with Crippen molar-refractivity contribution in [3.05, 3.63) is 12.2 Å². The van der Waals surface area contributed by atoms with E-state index in [4.69, 9.17) is 0 Å². The highest BCUT2D eigenvalue weighted by Gasteiger charge is 2.52. The van der Waals surface area contributed by atoms with Gasteiger partial charge < -0.3 is 0 Å². The van der Waals surface area contributed by atoms with Crippen LogP contribution < -0.4 is 0 Å². The van der Waals surface area contributed by atoms with Crippen LogP contribution >= 0.6 is 0 Å². The lowest BCUT2D eigenvalue weighted by Gasteiger charge is -2.54. The third-order valence-corrected chi connectivity index (χ3v) is 7.31. The average molecular weight is 244 g/mol. The fourth-order valence-corrected chi connectivity index (χ4v) is 6.41. The highest BCUT2D eigenvalue weighted by atomic mass is 14.6. The molecule has 0 aromatic rings. The Kier molecular flexibility index (Phi) is 2.64. The van der Waals surface area contributed by atoms with Crippen LogP contribution in [-0.2, 0) is 0 Å². The summed E-state index contributed by atoms with van der Waals surface area (Å²) in [6.07, 6.45) is 18.6. The van der Waals surface area contributed by atoms with Crippen LogP contribution in [0.2, 0.25) is 0 Å². The van der Waals surface area contributed by atoms with Gasteiger partial charge in [0, 0.05) is 0 Å². The van der Waals surface area contributed by atoms with E-state index < -0.39 is 0 Å². The van der Waals surface area contributed by atoms with Gasteiger partial charge in [-0.1, -0.05) is 25.5 Å². The Morgan fingerprint density at radius 3 is 2.67 bits per heavy atom. The third kappa shape index (κ3) is 1.57. The first-order chi connectivity index (χ1) is 8.78. The molecule has 4 rings (SSSR count). The summed E-state index contributed by atoms with van der Waals surface area (Å²) in [5.41, 5.74) is 0.749. The second kappa shape index (κ2) is 4.12. The third-order valence-electron chi connectivity index (χ3n) is 7.31. The molecule has 0 amide bonds. The summed E-state index contributed by atoms with van der Waals surface area (Å²) in [6.45, 7) is 2.62. The van der Waals surface area contributed by atoms with E-state index in [1.165, 1.54) is 25.7 Å². The molecule has 0 aromatic carbocycles. The van der Waals surface area contributed by atoms with Gasteiger partial charge in [0.15, 0.2) is 0 Å². The Morgan fingerprint density at radius 1 is 0.833 bits per heavy atom. The molecule has 3 saturated carbocycles. The van der Waals surface area contributed by atoms with Crippen LogP contribution in [-0.4, -0.2) is 0 Å². The molecule has 0 spiro atoms. The summed E-state index contributed by atoms with van der Waals surface area (Å²) in [5, 5.41) is 0. The Bertz CT molecular complexity index is 355. The van der Waals surface area contributed by atoms with Gasteiger partial charge in [-0.25, -0.2) is 0 Å². The number of hydrogen-bond acceptors (Lipinski definition) is 0. The highest BCUT2D eigenvalue weighted by Crippen LogP contribution is 2.61. The molecule has 18 heavy (non-hydrogen) atoms. The van der Waals surface area contributed by atoms with E-state index in [-0.39, 0.29) is 0 Å². The van der Waals surface area contributed by atoms with Gasteiger partial charge in [-0.15, -0.1) is 0 Å². The summed E-state index contributed by atoms with van der Waals surface area (Å²) < 4.78 is 0. The van der Waals surface area contributed by atoms with E-state index in [1.807, 2.05) is 0 Å². The van der Waals surface area contributed by atoms with E-state index in [9.17, 15) is 0 Å². The van der Waals surface area contributed by atoms with E-state index in [2.05, 4.69) is 19.1 Å². The Morgan fingerprint density at radius 2 is 1.72 bits per heavy atom. The van der Waals surface area contributed by atoms with Crippen LogP contribution in [0.3, 0.4) is 0 Å². The molecule has 0 heteroatoms. The molecule has 0 saturated heterocycles. The van der Waals surface area contributed by atoms with Crippen LogP contribution in [0.1, 0.15) is 64.7 Å². The van der Waals surface area contributed by atoms with Gasteiger partial charge in [-0.05, 0) is 86.4 Å². The summed E-state index contributed by atoms with van der Waals surface area (Å²) in [7, 11) is 0. The van der Waals surface area contributed by atoms with Gasteiger partial charge in [0.2, 0.25) is 0 Å². The number of rotatable bonds is 0. The monoisotopic (exact) mass is 244 g/mol. The molecule has 0 N–H and O–H groups in total. The molecule has 0 aromatic heterocycles. The predicted octanol–water partition coefficient (Wildman–Crippen LogP) is 5.20. The van der Waals surface area contributed by atoms with Crippen molar-refractivity contribution >= 4 is 0 Å². The number of allylic oxidation sites excluding steroid dienone is 2.